The van der Waals surface area contributed by atoms with Gasteiger partial charge in [-0.15, -0.1) is 0 Å². The standard InChI is InChI=1S/C21H22N2O6/c1-26-13-10-8-12(9-11-13)17-16(20(24)29-4)18(23-21(25)22-17)14-6-5-7-15(27-2)19(14)28-3/h5-11,18H,1-4H3,(H2,22,23,25). The van der Waals surface area contributed by atoms with Crippen LogP contribution in [-0.2, 0) is 9.53 Å². The van der Waals surface area contributed by atoms with E-state index in [-0.39, 0.29) is 5.57 Å². The van der Waals surface area contributed by atoms with E-state index in [9.17, 15) is 9.59 Å². The number of carbonyl (C=O) groups is 2. The van der Waals surface area contributed by atoms with E-state index in [4.69, 9.17) is 18.9 Å². The third-order valence-corrected chi connectivity index (χ3v) is 4.60. The van der Waals surface area contributed by atoms with Gasteiger partial charge in [0.05, 0.1) is 45.8 Å². The fourth-order valence-electron chi connectivity index (χ4n) is 3.25. The molecule has 29 heavy (non-hydrogen) atoms. The van der Waals surface area contributed by atoms with Crippen molar-refractivity contribution in [2.45, 2.75) is 6.04 Å². The summed E-state index contributed by atoms with van der Waals surface area (Å²) in [7, 11) is 5.86. The minimum atomic E-state index is -0.807. The highest BCUT2D eigenvalue weighted by molar-refractivity contribution is 6.04. The van der Waals surface area contributed by atoms with Crippen molar-refractivity contribution in [3.8, 4) is 17.2 Å². The number of esters is 1. The minimum absolute atomic E-state index is 0.240. The number of amides is 2. The largest absolute Gasteiger partial charge is 0.497 e. The molecule has 1 heterocycles. The second-order valence-electron chi connectivity index (χ2n) is 6.12. The molecule has 1 aliphatic rings. The van der Waals surface area contributed by atoms with E-state index >= 15 is 0 Å². The zero-order valence-corrected chi connectivity index (χ0v) is 16.6. The highest BCUT2D eigenvalue weighted by atomic mass is 16.5. The lowest BCUT2D eigenvalue weighted by molar-refractivity contribution is -0.136. The molecule has 152 valence electrons. The van der Waals surface area contributed by atoms with Crippen molar-refractivity contribution < 1.29 is 28.5 Å². The van der Waals surface area contributed by atoms with Gasteiger partial charge in [0.15, 0.2) is 11.5 Å². The third kappa shape index (κ3) is 3.82. The maximum Gasteiger partial charge on any atom is 0.338 e. The maximum absolute atomic E-state index is 12.8. The van der Waals surface area contributed by atoms with Crippen LogP contribution in [0.3, 0.4) is 0 Å². The summed E-state index contributed by atoms with van der Waals surface area (Å²) >= 11 is 0. The van der Waals surface area contributed by atoms with Gasteiger partial charge in [0.25, 0.3) is 0 Å². The van der Waals surface area contributed by atoms with Crippen molar-refractivity contribution in [1.29, 1.82) is 0 Å². The molecule has 8 nitrogen and oxygen atoms in total. The Morgan fingerprint density at radius 2 is 1.66 bits per heavy atom. The van der Waals surface area contributed by atoms with Gasteiger partial charge in [-0.3, -0.25) is 0 Å². The van der Waals surface area contributed by atoms with Crippen LogP contribution in [0.15, 0.2) is 48.0 Å². The van der Waals surface area contributed by atoms with Crippen LogP contribution in [0.1, 0.15) is 17.2 Å². The highest BCUT2D eigenvalue weighted by Crippen LogP contribution is 2.40. The monoisotopic (exact) mass is 398 g/mol. The summed E-state index contributed by atoms with van der Waals surface area (Å²) in [5, 5.41) is 5.49. The van der Waals surface area contributed by atoms with Gasteiger partial charge in [0, 0.05) is 5.56 Å². The minimum Gasteiger partial charge on any atom is -0.497 e. The van der Waals surface area contributed by atoms with Gasteiger partial charge in [-0.2, -0.15) is 0 Å². The molecule has 0 spiro atoms. The van der Waals surface area contributed by atoms with E-state index in [2.05, 4.69) is 10.6 Å². The summed E-state index contributed by atoms with van der Waals surface area (Å²) in [4.78, 5) is 25.2. The number of para-hydroxylation sites is 1. The van der Waals surface area contributed by atoms with Gasteiger partial charge >= 0.3 is 12.0 Å². The Morgan fingerprint density at radius 3 is 2.24 bits per heavy atom. The van der Waals surface area contributed by atoms with Gasteiger partial charge in [-0.1, -0.05) is 12.1 Å². The Hall–Kier alpha value is -3.68. The summed E-state index contributed by atoms with van der Waals surface area (Å²) in [6.07, 6.45) is 0. The summed E-state index contributed by atoms with van der Waals surface area (Å²) < 4.78 is 21.1. The molecule has 1 atom stereocenters. The number of benzene rings is 2. The molecule has 0 aromatic heterocycles. The molecular formula is C21H22N2O6. The Kier molecular flexibility index (Phi) is 5.92. The number of urea groups is 1. The highest BCUT2D eigenvalue weighted by Gasteiger charge is 2.36. The second kappa shape index (κ2) is 8.55. The fourth-order valence-corrected chi connectivity index (χ4v) is 3.25. The Bertz CT molecular complexity index is 952. The summed E-state index contributed by atoms with van der Waals surface area (Å²) in [6, 6.07) is 11.0. The molecule has 0 saturated carbocycles. The smallest absolute Gasteiger partial charge is 0.338 e. The number of nitrogens with one attached hydrogen (secondary N) is 2. The lowest BCUT2D eigenvalue weighted by atomic mass is 9.92. The average Bonchev–Trinajstić information content (AvgIpc) is 2.77. The Morgan fingerprint density at radius 1 is 0.931 bits per heavy atom. The van der Waals surface area contributed by atoms with Crippen LogP contribution in [0.4, 0.5) is 4.79 Å². The van der Waals surface area contributed by atoms with E-state index in [0.29, 0.717) is 34.1 Å². The third-order valence-electron chi connectivity index (χ3n) is 4.60. The first-order valence-corrected chi connectivity index (χ1v) is 8.79. The lowest BCUT2D eigenvalue weighted by Gasteiger charge is -2.30. The molecule has 1 aliphatic heterocycles. The normalized spacial score (nSPS) is 15.9. The zero-order valence-electron chi connectivity index (χ0n) is 16.6. The van der Waals surface area contributed by atoms with Crippen LogP contribution in [0.25, 0.3) is 5.70 Å². The van der Waals surface area contributed by atoms with E-state index in [1.54, 1.807) is 49.6 Å². The Labute approximate surface area is 168 Å². The molecule has 0 bridgehead atoms. The number of ether oxygens (including phenoxy) is 4. The molecule has 0 saturated heterocycles. The van der Waals surface area contributed by atoms with Gasteiger partial charge in [-0.05, 0) is 35.9 Å². The quantitative estimate of drug-likeness (QED) is 0.727. The number of hydrogen-bond donors (Lipinski definition) is 2. The number of rotatable bonds is 6. The van der Waals surface area contributed by atoms with Crippen molar-refractivity contribution in [3.05, 3.63) is 59.2 Å². The van der Waals surface area contributed by atoms with Crippen LogP contribution in [0.2, 0.25) is 0 Å². The molecule has 2 aromatic carbocycles. The van der Waals surface area contributed by atoms with Crippen molar-refractivity contribution >= 4 is 17.7 Å². The Balaban J connectivity index is 2.22. The van der Waals surface area contributed by atoms with Gasteiger partial charge < -0.3 is 29.6 Å². The molecular weight excluding hydrogens is 376 g/mol. The summed E-state index contributed by atoms with van der Waals surface area (Å²) in [5.74, 6) is 0.962. The van der Waals surface area contributed by atoms with Crippen molar-refractivity contribution in [2.75, 3.05) is 28.4 Å². The van der Waals surface area contributed by atoms with Crippen LogP contribution in [0, 0.1) is 0 Å². The van der Waals surface area contributed by atoms with E-state index < -0.39 is 18.0 Å². The van der Waals surface area contributed by atoms with Gasteiger partial charge in [0.1, 0.15) is 5.75 Å². The van der Waals surface area contributed by atoms with Gasteiger partial charge in [-0.25, -0.2) is 9.59 Å². The molecule has 0 aliphatic carbocycles. The number of methoxy groups -OCH3 is 4. The second-order valence-corrected chi connectivity index (χ2v) is 6.12. The summed E-state index contributed by atoms with van der Waals surface area (Å²) in [6.45, 7) is 0. The number of carbonyl (C=O) groups excluding carboxylic acids is 2. The van der Waals surface area contributed by atoms with Crippen LogP contribution < -0.4 is 24.8 Å². The van der Waals surface area contributed by atoms with E-state index in [1.807, 2.05) is 0 Å². The maximum atomic E-state index is 12.8. The molecule has 3 rings (SSSR count). The predicted octanol–water partition coefficient (Wildman–Crippen LogP) is 2.65. The molecule has 1 unspecified atom stereocenters. The van der Waals surface area contributed by atoms with E-state index in [0.717, 1.165) is 0 Å². The van der Waals surface area contributed by atoms with Crippen LogP contribution in [0.5, 0.6) is 17.2 Å². The van der Waals surface area contributed by atoms with Crippen molar-refractivity contribution in [2.24, 2.45) is 0 Å². The summed E-state index contributed by atoms with van der Waals surface area (Å²) in [5.41, 5.74) is 1.78. The number of hydrogen-bond acceptors (Lipinski definition) is 6. The lowest BCUT2D eigenvalue weighted by Crippen LogP contribution is -2.45. The molecule has 2 amide bonds. The molecule has 2 aromatic rings. The predicted molar refractivity (Wildman–Crippen MR) is 106 cm³/mol. The van der Waals surface area contributed by atoms with Gasteiger partial charge in [0.2, 0.25) is 0 Å². The first-order chi connectivity index (χ1) is 14.0. The molecule has 0 fully saturated rings. The topological polar surface area (TPSA) is 95.1 Å². The SMILES string of the molecule is COC(=O)C1=C(c2ccc(OC)cc2)NC(=O)NC1c1cccc(OC)c1OC. The van der Waals surface area contributed by atoms with Crippen molar-refractivity contribution in [3.63, 3.8) is 0 Å². The molecule has 2 N–H and O–H groups in total. The van der Waals surface area contributed by atoms with Crippen molar-refractivity contribution in [1.82, 2.24) is 10.6 Å². The van der Waals surface area contributed by atoms with Crippen LogP contribution >= 0.6 is 0 Å². The average molecular weight is 398 g/mol. The molecule has 8 heteroatoms. The van der Waals surface area contributed by atoms with E-state index in [1.165, 1.54) is 21.3 Å². The first-order valence-electron chi connectivity index (χ1n) is 8.79. The molecule has 0 radical (unpaired) electrons. The fraction of sp³-hybridized carbons (Fsp3) is 0.238. The van der Waals surface area contributed by atoms with Crippen LogP contribution in [-0.4, -0.2) is 40.4 Å². The zero-order chi connectivity index (χ0) is 21.0. The first kappa shape index (κ1) is 20.1.